The van der Waals surface area contributed by atoms with Gasteiger partial charge in [0.2, 0.25) is 5.91 Å². The number of sulfonamides is 1. The van der Waals surface area contributed by atoms with Gasteiger partial charge in [-0.1, -0.05) is 18.2 Å². The van der Waals surface area contributed by atoms with Gasteiger partial charge in [-0.25, -0.2) is 17.8 Å². The quantitative estimate of drug-likeness (QED) is 0.647. The van der Waals surface area contributed by atoms with Gasteiger partial charge in [-0.15, -0.1) is 11.3 Å². The summed E-state index contributed by atoms with van der Waals surface area (Å²) in [5.74, 6) is -0.484. The monoisotopic (exact) mass is 431 g/mol. The number of amides is 1. The van der Waals surface area contributed by atoms with E-state index in [9.17, 15) is 17.6 Å². The summed E-state index contributed by atoms with van der Waals surface area (Å²) < 4.78 is 40.1. The topological polar surface area (TPSA) is 79.4 Å². The van der Waals surface area contributed by atoms with Crippen molar-refractivity contribution in [2.24, 2.45) is 0 Å². The third-order valence-corrected chi connectivity index (χ3v) is 6.97. The molecule has 0 saturated carbocycles. The highest BCUT2D eigenvalue weighted by Gasteiger charge is 2.24. The Balaban J connectivity index is 1.37. The van der Waals surface area contributed by atoms with Crippen molar-refractivity contribution >= 4 is 38.1 Å². The standard InChI is InChI=1S/C20H18FN3O3S2/c21-15-5-8-17(9-6-15)29(26,27)23-20-22-16(13-28-20)7-10-19(25)24-12-11-14-3-1-2-4-18(14)24/h1-6,8-9,13H,7,10-12H2,(H,22,23). The maximum atomic E-state index is 13.0. The Hall–Kier alpha value is -2.78. The van der Waals surface area contributed by atoms with Gasteiger partial charge in [-0.05, 0) is 48.7 Å². The number of benzene rings is 2. The van der Waals surface area contributed by atoms with Gasteiger partial charge in [0, 0.05) is 24.0 Å². The van der Waals surface area contributed by atoms with E-state index in [1.54, 1.807) is 10.3 Å². The second kappa shape index (κ2) is 7.92. The number of carbonyl (C=O) groups excluding carboxylic acids is 1. The molecule has 0 radical (unpaired) electrons. The normalized spacial score (nSPS) is 13.3. The van der Waals surface area contributed by atoms with Crippen LogP contribution in [-0.4, -0.2) is 25.9 Å². The molecule has 2 aromatic carbocycles. The molecule has 1 aliphatic rings. The summed E-state index contributed by atoms with van der Waals surface area (Å²) in [6, 6.07) is 12.4. The zero-order valence-corrected chi connectivity index (χ0v) is 17.0. The third-order valence-electron chi connectivity index (χ3n) is 4.68. The van der Waals surface area contributed by atoms with Crippen LogP contribution in [0, 0.1) is 5.82 Å². The highest BCUT2D eigenvalue weighted by atomic mass is 32.2. The van der Waals surface area contributed by atoms with Crippen LogP contribution in [0.5, 0.6) is 0 Å². The Morgan fingerprint density at radius 1 is 1.17 bits per heavy atom. The van der Waals surface area contributed by atoms with Crippen molar-refractivity contribution in [3.63, 3.8) is 0 Å². The number of para-hydroxylation sites is 1. The summed E-state index contributed by atoms with van der Waals surface area (Å²) in [5, 5.41) is 1.94. The van der Waals surface area contributed by atoms with Crippen LogP contribution < -0.4 is 9.62 Å². The zero-order chi connectivity index (χ0) is 20.4. The summed E-state index contributed by atoms with van der Waals surface area (Å²) in [5.41, 5.74) is 2.78. The summed E-state index contributed by atoms with van der Waals surface area (Å²) in [6.45, 7) is 0.679. The second-order valence-corrected chi connectivity index (χ2v) is 9.17. The van der Waals surface area contributed by atoms with Crippen molar-refractivity contribution in [3.05, 3.63) is 71.0 Å². The molecule has 0 unspecified atom stereocenters. The van der Waals surface area contributed by atoms with E-state index in [0.29, 0.717) is 25.1 Å². The van der Waals surface area contributed by atoms with Gasteiger partial charge in [-0.3, -0.25) is 9.52 Å². The summed E-state index contributed by atoms with van der Waals surface area (Å²) >= 11 is 1.15. The van der Waals surface area contributed by atoms with Crippen LogP contribution in [0.15, 0.2) is 58.8 Å². The Morgan fingerprint density at radius 3 is 2.72 bits per heavy atom. The molecule has 0 bridgehead atoms. The number of hydrogen-bond donors (Lipinski definition) is 1. The van der Waals surface area contributed by atoms with Gasteiger partial charge in [0.25, 0.3) is 10.0 Å². The minimum atomic E-state index is -3.84. The number of hydrogen-bond acceptors (Lipinski definition) is 5. The first kappa shape index (κ1) is 19.5. The Morgan fingerprint density at radius 2 is 1.93 bits per heavy atom. The van der Waals surface area contributed by atoms with Crippen LogP contribution in [-0.2, 0) is 27.7 Å². The smallest absolute Gasteiger partial charge is 0.263 e. The molecule has 1 aliphatic heterocycles. The lowest BCUT2D eigenvalue weighted by atomic mass is 10.2. The summed E-state index contributed by atoms with van der Waals surface area (Å²) in [6.07, 6.45) is 1.57. The molecule has 0 fully saturated rings. The first-order valence-electron chi connectivity index (χ1n) is 9.03. The molecule has 4 rings (SSSR count). The first-order valence-corrected chi connectivity index (χ1v) is 11.4. The minimum Gasteiger partial charge on any atom is -0.312 e. The van der Waals surface area contributed by atoms with Gasteiger partial charge in [0.1, 0.15) is 5.82 Å². The fourth-order valence-electron chi connectivity index (χ4n) is 3.22. The predicted molar refractivity (Wildman–Crippen MR) is 110 cm³/mol. The van der Waals surface area contributed by atoms with E-state index in [0.717, 1.165) is 35.6 Å². The van der Waals surface area contributed by atoms with Crippen molar-refractivity contribution in [3.8, 4) is 0 Å². The largest absolute Gasteiger partial charge is 0.312 e. The number of anilines is 2. The van der Waals surface area contributed by atoms with Crippen LogP contribution in [0.4, 0.5) is 15.2 Å². The number of thiazole rings is 1. The fraction of sp³-hybridized carbons (Fsp3) is 0.200. The Kier molecular flexibility index (Phi) is 5.33. The molecule has 29 heavy (non-hydrogen) atoms. The molecule has 1 amide bonds. The molecule has 0 aliphatic carbocycles. The van der Waals surface area contributed by atoms with Crippen LogP contribution in [0.25, 0.3) is 0 Å². The maximum Gasteiger partial charge on any atom is 0.263 e. The van der Waals surface area contributed by atoms with Crippen LogP contribution in [0.3, 0.4) is 0 Å². The number of halogens is 1. The van der Waals surface area contributed by atoms with Crippen molar-refractivity contribution in [1.29, 1.82) is 0 Å². The number of fused-ring (bicyclic) bond motifs is 1. The Labute approximate surface area is 172 Å². The molecule has 2 heterocycles. The number of aryl methyl sites for hydroxylation is 1. The highest BCUT2D eigenvalue weighted by molar-refractivity contribution is 7.93. The Bertz CT molecular complexity index is 1140. The summed E-state index contributed by atoms with van der Waals surface area (Å²) in [7, 11) is -3.84. The van der Waals surface area contributed by atoms with E-state index < -0.39 is 15.8 Å². The number of rotatable bonds is 6. The van der Waals surface area contributed by atoms with Crippen molar-refractivity contribution in [1.82, 2.24) is 4.98 Å². The molecule has 3 aromatic rings. The first-order chi connectivity index (χ1) is 13.9. The van der Waals surface area contributed by atoms with E-state index in [-0.39, 0.29) is 15.9 Å². The molecular formula is C20H18FN3O3S2. The van der Waals surface area contributed by atoms with E-state index in [1.807, 2.05) is 24.3 Å². The second-order valence-electron chi connectivity index (χ2n) is 6.63. The SMILES string of the molecule is O=C(CCc1csc(NS(=O)(=O)c2ccc(F)cc2)n1)N1CCc2ccccc21. The molecule has 0 spiro atoms. The number of nitrogens with zero attached hydrogens (tertiary/aromatic N) is 2. The average molecular weight is 432 g/mol. The van der Waals surface area contributed by atoms with E-state index >= 15 is 0 Å². The minimum absolute atomic E-state index is 0.0244. The molecular weight excluding hydrogens is 413 g/mol. The molecule has 150 valence electrons. The van der Waals surface area contributed by atoms with Gasteiger partial charge in [0.15, 0.2) is 5.13 Å². The van der Waals surface area contributed by atoms with Crippen molar-refractivity contribution in [2.75, 3.05) is 16.2 Å². The van der Waals surface area contributed by atoms with Gasteiger partial charge >= 0.3 is 0 Å². The predicted octanol–water partition coefficient (Wildman–Crippen LogP) is 3.60. The van der Waals surface area contributed by atoms with E-state index in [4.69, 9.17) is 0 Å². The lowest BCUT2D eigenvalue weighted by Gasteiger charge is -2.16. The van der Waals surface area contributed by atoms with Crippen LogP contribution in [0.1, 0.15) is 17.7 Å². The van der Waals surface area contributed by atoms with Crippen molar-refractivity contribution in [2.45, 2.75) is 24.2 Å². The van der Waals surface area contributed by atoms with Gasteiger partial charge < -0.3 is 4.90 Å². The lowest BCUT2D eigenvalue weighted by molar-refractivity contribution is -0.118. The zero-order valence-electron chi connectivity index (χ0n) is 15.3. The van der Waals surface area contributed by atoms with Crippen LogP contribution >= 0.6 is 11.3 Å². The van der Waals surface area contributed by atoms with Gasteiger partial charge in [-0.2, -0.15) is 0 Å². The molecule has 0 atom stereocenters. The molecule has 0 saturated heterocycles. The molecule has 1 aromatic heterocycles. The van der Waals surface area contributed by atoms with E-state index in [2.05, 4.69) is 9.71 Å². The fourth-order valence-corrected chi connectivity index (χ4v) is 5.22. The maximum absolute atomic E-state index is 13.0. The number of carbonyl (C=O) groups is 1. The average Bonchev–Trinajstić information content (AvgIpc) is 3.33. The number of aromatic nitrogens is 1. The van der Waals surface area contributed by atoms with Crippen molar-refractivity contribution < 1.29 is 17.6 Å². The number of nitrogens with one attached hydrogen (secondary N) is 1. The summed E-state index contributed by atoms with van der Waals surface area (Å²) in [4.78, 5) is 18.6. The van der Waals surface area contributed by atoms with Gasteiger partial charge in [0.05, 0.1) is 10.6 Å². The van der Waals surface area contributed by atoms with E-state index in [1.165, 1.54) is 17.7 Å². The molecule has 9 heteroatoms. The lowest BCUT2D eigenvalue weighted by Crippen LogP contribution is -2.29. The third kappa shape index (κ3) is 4.30. The molecule has 6 nitrogen and oxygen atoms in total. The highest BCUT2D eigenvalue weighted by Crippen LogP contribution is 2.28. The van der Waals surface area contributed by atoms with Crippen LogP contribution in [0.2, 0.25) is 0 Å². The molecule has 1 N–H and O–H groups in total.